The van der Waals surface area contributed by atoms with Gasteiger partial charge in [0, 0.05) is 65.9 Å². The van der Waals surface area contributed by atoms with Gasteiger partial charge in [0.15, 0.2) is 0 Å². The van der Waals surface area contributed by atoms with Crippen LogP contribution < -0.4 is 0 Å². The topological polar surface area (TPSA) is 47.9 Å². The maximum atomic E-state index is 8.51. The van der Waals surface area contributed by atoms with Crippen molar-refractivity contribution in [3.8, 4) is 50.2 Å². The van der Waals surface area contributed by atoms with Crippen molar-refractivity contribution in [2.24, 2.45) is 0 Å². The number of nitrogens with one attached hydrogen (secondary N) is 1. The van der Waals surface area contributed by atoms with E-state index in [4.69, 9.17) is 10.1 Å². The van der Waals surface area contributed by atoms with E-state index < -0.39 is 0 Å². The number of nitrogens with zero attached hydrogens (tertiary/aromatic N) is 3. The van der Waals surface area contributed by atoms with Crippen molar-refractivity contribution in [3.05, 3.63) is 289 Å². The van der Waals surface area contributed by atoms with Gasteiger partial charge < -0.3 is 18.4 Å². The fourth-order valence-corrected chi connectivity index (χ4v) is 12.7. The first kappa shape index (κ1) is 46.3. The second-order valence-corrected chi connectivity index (χ2v) is 21.1. The Morgan fingerprint density at radius 2 is 0.810 bits per heavy atom. The van der Waals surface area contributed by atoms with Crippen LogP contribution >= 0.6 is 0 Å². The zero-order valence-corrected chi connectivity index (χ0v) is 43.5. The lowest BCUT2D eigenvalue weighted by Gasteiger charge is -2.23. The minimum atomic E-state index is 0.0764. The Morgan fingerprint density at radius 1 is 0.405 bits per heavy atom. The number of hydrogen-bond donors (Lipinski definition) is 1. The van der Waals surface area contributed by atoms with Gasteiger partial charge in [0.1, 0.15) is 6.61 Å². The van der Waals surface area contributed by atoms with Crippen molar-refractivity contribution in [3.63, 3.8) is 0 Å². The van der Waals surface area contributed by atoms with Gasteiger partial charge in [-0.15, -0.1) is 0 Å². The zero-order valence-electron chi connectivity index (χ0n) is 43.5. The average molecular weight is 1020 g/mol. The summed E-state index contributed by atoms with van der Waals surface area (Å²) in [5, 5.41) is 14.8. The van der Waals surface area contributed by atoms with Crippen molar-refractivity contribution in [1.29, 1.82) is 5.41 Å². The van der Waals surface area contributed by atoms with E-state index in [1.54, 1.807) is 0 Å². The van der Waals surface area contributed by atoms with E-state index in [2.05, 4.69) is 256 Å². The molecule has 13 aromatic rings. The van der Waals surface area contributed by atoms with Crippen molar-refractivity contribution in [1.82, 2.24) is 13.7 Å². The molecule has 2 aliphatic carbocycles. The van der Waals surface area contributed by atoms with E-state index in [0.29, 0.717) is 6.61 Å². The lowest BCUT2D eigenvalue weighted by molar-refractivity contribution is 0.339. The number of ether oxygens (including phenoxy) is 1. The fraction of sp³-hybridized carbons (Fsp3) is 0.0676. The van der Waals surface area contributed by atoms with E-state index >= 15 is 0 Å². The first-order valence-electron chi connectivity index (χ1n) is 27.4. The molecule has 3 heterocycles. The highest BCUT2D eigenvalue weighted by molar-refractivity contribution is 6.13. The predicted molar refractivity (Wildman–Crippen MR) is 329 cm³/mol. The quantitative estimate of drug-likeness (QED) is 0.108. The Labute approximate surface area is 459 Å². The fourth-order valence-electron chi connectivity index (χ4n) is 12.7. The Kier molecular flexibility index (Phi) is 11.3. The zero-order chi connectivity index (χ0) is 52.4. The third-order valence-electron chi connectivity index (χ3n) is 16.5. The van der Waals surface area contributed by atoms with Crippen molar-refractivity contribution in [2.75, 3.05) is 6.61 Å². The molecule has 10 aromatic carbocycles. The normalized spacial score (nSPS) is 15.1. The molecular weight excluding hydrogens is 961 g/mol. The van der Waals surface area contributed by atoms with Crippen LogP contribution in [-0.2, 0) is 11.2 Å². The molecule has 0 aliphatic heterocycles. The number of aromatic nitrogens is 3. The second-order valence-electron chi connectivity index (χ2n) is 21.1. The minimum Gasteiger partial charge on any atom is -0.473 e. The van der Waals surface area contributed by atoms with Gasteiger partial charge in [0.2, 0.25) is 5.90 Å². The van der Waals surface area contributed by atoms with Crippen LogP contribution in [-0.4, -0.2) is 26.2 Å². The van der Waals surface area contributed by atoms with Gasteiger partial charge in [-0.3, -0.25) is 5.41 Å². The molecule has 376 valence electrons. The second kappa shape index (κ2) is 19.2. The van der Waals surface area contributed by atoms with Gasteiger partial charge in [-0.25, -0.2) is 0 Å². The monoisotopic (exact) mass is 1010 g/mol. The van der Waals surface area contributed by atoms with Crippen LogP contribution in [0.1, 0.15) is 35.3 Å². The SMILES string of the molecule is N=C(OCC1=CCC(n2c3ccc(-c4ccccc4)cc3c3cc(-c4ccc5c(c4)c4cc(-c6ccccc6)ccc4n5C4C=Cc5c(c6cc(-c7ccccc7)ccc6n5-c5ccccc5)C4)ccc32)C=C1)c1ccccc1. The smallest absolute Gasteiger partial charge is 0.213 e. The summed E-state index contributed by atoms with van der Waals surface area (Å²) in [6, 6.07) is 88.2. The maximum absolute atomic E-state index is 8.51. The first-order valence-corrected chi connectivity index (χ1v) is 27.4. The number of allylic oxidation sites excluding steroid dienone is 3. The van der Waals surface area contributed by atoms with Gasteiger partial charge in [-0.2, -0.15) is 0 Å². The van der Waals surface area contributed by atoms with E-state index in [1.807, 2.05) is 30.3 Å². The summed E-state index contributed by atoms with van der Waals surface area (Å²) in [4.78, 5) is 0. The highest BCUT2D eigenvalue weighted by Crippen LogP contribution is 2.45. The summed E-state index contributed by atoms with van der Waals surface area (Å²) in [6.07, 6.45) is 13.3. The van der Waals surface area contributed by atoms with Crippen LogP contribution in [0.2, 0.25) is 0 Å². The molecule has 3 aromatic heterocycles. The van der Waals surface area contributed by atoms with Crippen molar-refractivity contribution < 1.29 is 4.74 Å². The number of benzene rings is 10. The van der Waals surface area contributed by atoms with Crippen LogP contribution in [0.3, 0.4) is 0 Å². The number of rotatable bonds is 10. The predicted octanol–water partition coefficient (Wildman–Crippen LogP) is 18.8. The molecule has 5 heteroatoms. The largest absolute Gasteiger partial charge is 0.473 e. The van der Waals surface area contributed by atoms with Gasteiger partial charge in [-0.05, 0) is 159 Å². The van der Waals surface area contributed by atoms with E-state index in [1.165, 1.54) is 116 Å². The standard InChI is InChI=1S/C74H54N4O/c75-74(53-22-12-4-13-23-53)79-48-49-26-33-60(34-27-49)77-68-36-28-54(50-16-6-1-7-17-50)42-62(68)64-45-57(31-39-69(64)77)58-32-40-72-65(46-58)63-43-55(51-18-8-2-9-19-51)30-38-71(63)78(72)61-35-41-73-67(47-61)66-44-56(52-20-10-3-11-21-52)29-37-70(66)76(73)59-24-14-5-15-25-59/h1-33,35-46,60-61,75H,34,47-48H2. The molecular formula is C74H54N4O. The molecule has 15 rings (SSSR count). The number of fused-ring (bicyclic) bond motifs is 9. The highest BCUT2D eigenvalue weighted by Gasteiger charge is 2.27. The van der Waals surface area contributed by atoms with Crippen LogP contribution in [0, 0.1) is 5.41 Å². The van der Waals surface area contributed by atoms with Gasteiger partial charge >= 0.3 is 0 Å². The third kappa shape index (κ3) is 8.13. The number of para-hydroxylation sites is 1. The van der Waals surface area contributed by atoms with Gasteiger partial charge in [0.25, 0.3) is 0 Å². The Hall–Kier alpha value is -9.97. The average Bonchev–Trinajstić information content (AvgIpc) is 4.24. The molecule has 5 nitrogen and oxygen atoms in total. The first-order chi connectivity index (χ1) is 39.1. The van der Waals surface area contributed by atoms with Crippen LogP contribution in [0.25, 0.3) is 111 Å². The molecule has 0 spiro atoms. The van der Waals surface area contributed by atoms with Crippen LogP contribution in [0.5, 0.6) is 0 Å². The summed E-state index contributed by atoms with van der Waals surface area (Å²) in [5.41, 5.74) is 21.4. The number of hydrogen-bond acceptors (Lipinski definition) is 2. The third-order valence-corrected chi connectivity index (χ3v) is 16.5. The Morgan fingerprint density at radius 3 is 1.28 bits per heavy atom. The lowest BCUT2D eigenvalue weighted by Crippen LogP contribution is -2.13. The molecule has 0 saturated heterocycles. The minimum absolute atomic E-state index is 0.0764. The summed E-state index contributed by atoms with van der Waals surface area (Å²) in [7, 11) is 0. The van der Waals surface area contributed by atoms with Gasteiger partial charge in [0.05, 0.1) is 17.6 Å². The Bertz CT molecular complexity index is 4600. The maximum Gasteiger partial charge on any atom is 0.213 e. The molecule has 0 bridgehead atoms. The molecule has 0 radical (unpaired) electrons. The van der Waals surface area contributed by atoms with E-state index in [9.17, 15) is 0 Å². The Balaban J connectivity index is 0.845. The van der Waals surface area contributed by atoms with Crippen LogP contribution in [0.4, 0.5) is 0 Å². The summed E-state index contributed by atoms with van der Waals surface area (Å²) in [5.74, 6) is 0.188. The molecule has 0 fully saturated rings. The molecule has 2 atom stereocenters. The van der Waals surface area contributed by atoms with Crippen molar-refractivity contribution >= 4 is 66.5 Å². The van der Waals surface area contributed by atoms with Crippen LogP contribution in [0.15, 0.2) is 273 Å². The molecule has 0 saturated carbocycles. The van der Waals surface area contributed by atoms with Gasteiger partial charge in [-0.1, -0.05) is 182 Å². The summed E-state index contributed by atoms with van der Waals surface area (Å²) >= 11 is 0. The van der Waals surface area contributed by atoms with E-state index in [-0.39, 0.29) is 18.0 Å². The van der Waals surface area contributed by atoms with E-state index in [0.717, 1.165) is 24.0 Å². The summed E-state index contributed by atoms with van der Waals surface area (Å²) in [6.45, 7) is 0.360. The molecule has 2 aliphatic rings. The summed E-state index contributed by atoms with van der Waals surface area (Å²) < 4.78 is 13.5. The highest BCUT2D eigenvalue weighted by atomic mass is 16.5. The molecule has 2 unspecified atom stereocenters. The lowest BCUT2D eigenvalue weighted by atomic mass is 9.95. The molecule has 1 N–H and O–H groups in total. The molecule has 79 heavy (non-hydrogen) atoms. The van der Waals surface area contributed by atoms with Crippen molar-refractivity contribution in [2.45, 2.75) is 24.9 Å². The molecule has 0 amide bonds.